The van der Waals surface area contributed by atoms with E-state index in [1.165, 1.54) is 0 Å². The Balaban J connectivity index is 2.55. The van der Waals surface area contributed by atoms with E-state index >= 15 is 0 Å². The van der Waals surface area contributed by atoms with Crippen LogP contribution in [0.25, 0.3) is 0 Å². The molecular formula is C17H21F6N. The second-order valence-electron chi connectivity index (χ2n) is 7.04. The lowest BCUT2D eigenvalue weighted by Crippen LogP contribution is -2.51. The van der Waals surface area contributed by atoms with Gasteiger partial charge in [0.1, 0.15) is 0 Å². The zero-order valence-electron chi connectivity index (χ0n) is 13.6. The Labute approximate surface area is 137 Å². The Morgan fingerprint density at radius 3 is 1.71 bits per heavy atom. The topological polar surface area (TPSA) is 26.0 Å². The fraction of sp³-hybridized carbons (Fsp3) is 0.647. The van der Waals surface area contributed by atoms with Crippen LogP contribution in [0.1, 0.15) is 56.2 Å². The largest absolute Gasteiger partial charge is 0.416 e. The van der Waals surface area contributed by atoms with Crippen LogP contribution in [0.4, 0.5) is 26.3 Å². The van der Waals surface area contributed by atoms with Crippen LogP contribution in [0.15, 0.2) is 18.2 Å². The summed E-state index contributed by atoms with van der Waals surface area (Å²) in [4.78, 5) is 0. The molecule has 7 heteroatoms. The summed E-state index contributed by atoms with van der Waals surface area (Å²) in [5.41, 5.74) is 2.93. The summed E-state index contributed by atoms with van der Waals surface area (Å²) >= 11 is 0. The molecule has 0 saturated heterocycles. The molecule has 0 spiro atoms. The molecule has 1 aliphatic rings. The molecule has 1 aromatic carbocycles. The van der Waals surface area contributed by atoms with E-state index in [1.54, 1.807) is 0 Å². The monoisotopic (exact) mass is 353 g/mol. The van der Waals surface area contributed by atoms with Crippen molar-refractivity contribution in [1.82, 2.24) is 0 Å². The number of hydrogen-bond donors (Lipinski definition) is 1. The normalized spacial score (nSPS) is 19.2. The van der Waals surface area contributed by atoms with Gasteiger partial charge < -0.3 is 5.73 Å². The quantitative estimate of drug-likeness (QED) is 0.709. The number of alkyl halides is 6. The molecular weight excluding hydrogens is 332 g/mol. The molecule has 1 saturated carbocycles. The third-order valence-corrected chi connectivity index (χ3v) is 4.84. The molecule has 1 fully saturated rings. The standard InChI is InChI=1S/C17H21F6N/c1-10(2)6-14(24)15(4-3-5-15)11-7-12(16(18,19)20)9-13(8-11)17(21,22)23/h7-10,14H,3-6,24H2,1-2H3. The minimum absolute atomic E-state index is 0.0593. The van der Waals surface area contributed by atoms with Gasteiger partial charge in [0.2, 0.25) is 0 Å². The molecule has 0 heterocycles. The summed E-state index contributed by atoms with van der Waals surface area (Å²) in [7, 11) is 0. The third-order valence-electron chi connectivity index (χ3n) is 4.84. The second-order valence-corrected chi connectivity index (χ2v) is 7.04. The molecule has 1 unspecified atom stereocenters. The Hall–Kier alpha value is -1.24. The zero-order chi connectivity index (χ0) is 18.3. The Kier molecular flexibility index (Phi) is 4.97. The second kappa shape index (κ2) is 6.24. The lowest BCUT2D eigenvalue weighted by molar-refractivity contribution is -0.143. The predicted octanol–water partition coefficient (Wildman–Crippen LogP) is 5.52. The summed E-state index contributed by atoms with van der Waals surface area (Å²) < 4.78 is 78.4. The molecule has 24 heavy (non-hydrogen) atoms. The molecule has 1 nitrogen and oxygen atoms in total. The molecule has 1 aromatic rings. The Morgan fingerprint density at radius 1 is 0.958 bits per heavy atom. The van der Waals surface area contributed by atoms with E-state index in [9.17, 15) is 26.3 Å². The number of halogens is 6. The summed E-state index contributed by atoms with van der Waals surface area (Å²) in [5.74, 6) is 0.213. The molecule has 1 aliphatic carbocycles. The first-order chi connectivity index (χ1) is 10.9. The van der Waals surface area contributed by atoms with Crippen molar-refractivity contribution in [1.29, 1.82) is 0 Å². The maximum absolute atomic E-state index is 13.1. The van der Waals surface area contributed by atoms with Crippen molar-refractivity contribution in [2.45, 2.75) is 63.3 Å². The van der Waals surface area contributed by atoms with Crippen molar-refractivity contribution in [2.75, 3.05) is 0 Å². The fourth-order valence-corrected chi connectivity index (χ4v) is 3.41. The average Bonchev–Trinajstić information content (AvgIpc) is 2.34. The van der Waals surface area contributed by atoms with E-state index < -0.39 is 34.9 Å². The summed E-state index contributed by atoms with van der Waals surface area (Å²) in [6.07, 6.45) is -7.33. The van der Waals surface area contributed by atoms with Crippen molar-refractivity contribution in [3.05, 3.63) is 34.9 Å². The zero-order valence-corrected chi connectivity index (χ0v) is 13.6. The molecule has 136 valence electrons. The van der Waals surface area contributed by atoms with Crippen LogP contribution in [0.2, 0.25) is 0 Å². The molecule has 1 atom stereocenters. The van der Waals surface area contributed by atoms with Gasteiger partial charge in [0.05, 0.1) is 11.1 Å². The van der Waals surface area contributed by atoms with Crippen LogP contribution in [-0.2, 0) is 17.8 Å². The van der Waals surface area contributed by atoms with E-state index in [2.05, 4.69) is 0 Å². The van der Waals surface area contributed by atoms with Crippen LogP contribution < -0.4 is 5.73 Å². The summed E-state index contributed by atoms with van der Waals surface area (Å²) in [6, 6.07) is 1.39. The first-order valence-electron chi connectivity index (χ1n) is 7.92. The minimum Gasteiger partial charge on any atom is -0.327 e. The van der Waals surface area contributed by atoms with Crippen LogP contribution in [0.3, 0.4) is 0 Å². The average molecular weight is 353 g/mol. The highest BCUT2D eigenvalue weighted by Crippen LogP contribution is 2.49. The molecule has 0 amide bonds. The Morgan fingerprint density at radius 2 is 1.42 bits per heavy atom. The molecule has 0 bridgehead atoms. The van der Waals surface area contributed by atoms with Crippen LogP contribution in [0.5, 0.6) is 0 Å². The van der Waals surface area contributed by atoms with Gasteiger partial charge in [-0.05, 0) is 48.9 Å². The van der Waals surface area contributed by atoms with Gasteiger partial charge in [-0.2, -0.15) is 26.3 Å². The van der Waals surface area contributed by atoms with Crippen molar-refractivity contribution >= 4 is 0 Å². The van der Waals surface area contributed by atoms with Crippen LogP contribution in [0, 0.1) is 5.92 Å². The third kappa shape index (κ3) is 3.71. The van der Waals surface area contributed by atoms with Crippen molar-refractivity contribution in [2.24, 2.45) is 11.7 Å². The van der Waals surface area contributed by atoms with Crippen molar-refractivity contribution in [3.63, 3.8) is 0 Å². The SMILES string of the molecule is CC(C)CC(N)C1(c2cc(C(F)(F)F)cc(C(F)(F)F)c2)CCC1. The molecule has 0 radical (unpaired) electrons. The van der Waals surface area contributed by atoms with Gasteiger partial charge in [-0.3, -0.25) is 0 Å². The summed E-state index contributed by atoms with van der Waals surface area (Å²) in [6.45, 7) is 3.86. The fourth-order valence-electron chi connectivity index (χ4n) is 3.41. The van der Waals surface area contributed by atoms with E-state index in [0.717, 1.165) is 18.6 Å². The predicted molar refractivity (Wildman–Crippen MR) is 79.4 cm³/mol. The van der Waals surface area contributed by atoms with Gasteiger partial charge >= 0.3 is 12.4 Å². The lowest BCUT2D eigenvalue weighted by Gasteiger charge is -2.48. The lowest BCUT2D eigenvalue weighted by atomic mass is 9.58. The molecule has 2 N–H and O–H groups in total. The van der Waals surface area contributed by atoms with E-state index in [4.69, 9.17) is 5.73 Å². The number of hydrogen-bond acceptors (Lipinski definition) is 1. The van der Waals surface area contributed by atoms with E-state index in [1.807, 2.05) is 13.8 Å². The van der Waals surface area contributed by atoms with Gasteiger partial charge in [0.25, 0.3) is 0 Å². The smallest absolute Gasteiger partial charge is 0.327 e. The van der Waals surface area contributed by atoms with Crippen molar-refractivity contribution in [3.8, 4) is 0 Å². The number of rotatable bonds is 4. The van der Waals surface area contributed by atoms with Crippen LogP contribution in [-0.4, -0.2) is 6.04 Å². The number of benzene rings is 1. The van der Waals surface area contributed by atoms with Gasteiger partial charge in [-0.15, -0.1) is 0 Å². The minimum atomic E-state index is -4.83. The van der Waals surface area contributed by atoms with Crippen molar-refractivity contribution < 1.29 is 26.3 Å². The highest BCUT2D eigenvalue weighted by atomic mass is 19.4. The first-order valence-corrected chi connectivity index (χ1v) is 7.92. The van der Waals surface area contributed by atoms with E-state index in [0.29, 0.717) is 19.3 Å². The van der Waals surface area contributed by atoms with Gasteiger partial charge in [0.15, 0.2) is 0 Å². The first kappa shape index (κ1) is 19.1. The summed E-state index contributed by atoms with van der Waals surface area (Å²) in [5, 5.41) is 0. The van der Waals surface area contributed by atoms with Crippen LogP contribution >= 0.6 is 0 Å². The number of nitrogens with two attached hydrogens (primary N) is 1. The Bertz CT molecular complexity index is 551. The molecule has 2 rings (SSSR count). The van der Waals surface area contributed by atoms with Gasteiger partial charge in [0, 0.05) is 11.5 Å². The molecule has 0 aliphatic heterocycles. The highest BCUT2D eigenvalue weighted by Gasteiger charge is 2.46. The maximum atomic E-state index is 13.1. The van der Waals surface area contributed by atoms with E-state index in [-0.39, 0.29) is 17.5 Å². The molecule has 0 aromatic heterocycles. The highest BCUT2D eigenvalue weighted by molar-refractivity contribution is 5.40. The van der Waals surface area contributed by atoms with Gasteiger partial charge in [-0.1, -0.05) is 20.3 Å². The van der Waals surface area contributed by atoms with Gasteiger partial charge in [-0.25, -0.2) is 0 Å². The maximum Gasteiger partial charge on any atom is 0.416 e.